The van der Waals surface area contributed by atoms with E-state index in [1.807, 2.05) is 31.4 Å². The van der Waals surface area contributed by atoms with Crippen molar-refractivity contribution in [1.29, 1.82) is 0 Å². The number of anilines is 1. The fraction of sp³-hybridized carbons (Fsp3) is 0.273. The Morgan fingerprint density at radius 2 is 2.27 bits per heavy atom. The normalized spacial score (nSPS) is 10.0. The predicted octanol–water partition coefficient (Wildman–Crippen LogP) is 2.08. The molecule has 0 atom stereocenters. The SMILES string of the molecule is C=C(NNCC)c1c(N)cccc1SC. The average Bonchev–Trinajstić information content (AvgIpc) is 2.25. The summed E-state index contributed by atoms with van der Waals surface area (Å²) in [7, 11) is 0. The van der Waals surface area contributed by atoms with Gasteiger partial charge in [0.2, 0.25) is 0 Å². The van der Waals surface area contributed by atoms with Gasteiger partial charge in [-0.25, -0.2) is 5.43 Å². The van der Waals surface area contributed by atoms with Crippen LogP contribution < -0.4 is 16.6 Å². The standard InChI is InChI=1S/C11H17N3S/c1-4-13-14-8(2)11-9(12)6-5-7-10(11)15-3/h5-7,13-14H,2,4,12H2,1,3H3. The smallest absolute Gasteiger partial charge is 0.0520 e. The Kier molecular flexibility index (Phi) is 4.52. The van der Waals surface area contributed by atoms with Crippen LogP contribution in [0.15, 0.2) is 29.7 Å². The minimum absolute atomic E-state index is 0.747. The maximum atomic E-state index is 5.93. The molecule has 0 unspecified atom stereocenters. The van der Waals surface area contributed by atoms with E-state index in [1.54, 1.807) is 11.8 Å². The summed E-state index contributed by atoms with van der Waals surface area (Å²) < 4.78 is 0. The summed E-state index contributed by atoms with van der Waals surface area (Å²) in [6.07, 6.45) is 2.03. The molecule has 4 heteroatoms. The van der Waals surface area contributed by atoms with Crippen molar-refractivity contribution in [2.45, 2.75) is 11.8 Å². The third-order valence-corrected chi connectivity index (χ3v) is 2.78. The third kappa shape index (κ3) is 2.91. The van der Waals surface area contributed by atoms with E-state index in [9.17, 15) is 0 Å². The van der Waals surface area contributed by atoms with Gasteiger partial charge in [0.15, 0.2) is 0 Å². The van der Waals surface area contributed by atoms with Gasteiger partial charge in [-0.3, -0.25) is 0 Å². The highest BCUT2D eigenvalue weighted by Crippen LogP contribution is 2.29. The van der Waals surface area contributed by atoms with Crippen LogP contribution in [0.25, 0.3) is 5.70 Å². The van der Waals surface area contributed by atoms with Gasteiger partial charge in [-0.05, 0) is 18.4 Å². The van der Waals surface area contributed by atoms with Gasteiger partial charge >= 0.3 is 0 Å². The third-order valence-electron chi connectivity index (χ3n) is 2.00. The van der Waals surface area contributed by atoms with Crippen molar-refractivity contribution < 1.29 is 0 Å². The molecular formula is C11H17N3S. The van der Waals surface area contributed by atoms with Gasteiger partial charge in [0.05, 0.1) is 5.70 Å². The Bertz CT molecular complexity index is 350. The van der Waals surface area contributed by atoms with Crippen LogP contribution in [0.1, 0.15) is 12.5 Å². The van der Waals surface area contributed by atoms with Gasteiger partial charge in [-0.15, -0.1) is 11.8 Å². The molecule has 4 N–H and O–H groups in total. The summed E-state index contributed by atoms with van der Waals surface area (Å²) in [4.78, 5) is 1.13. The van der Waals surface area contributed by atoms with Crippen molar-refractivity contribution in [3.63, 3.8) is 0 Å². The van der Waals surface area contributed by atoms with E-state index in [2.05, 4.69) is 17.4 Å². The summed E-state index contributed by atoms with van der Waals surface area (Å²) in [6.45, 7) is 6.82. The minimum Gasteiger partial charge on any atom is -0.398 e. The first-order valence-electron chi connectivity index (χ1n) is 4.81. The summed E-state index contributed by atoms with van der Waals surface area (Å²) in [6, 6.07) is 5.87. The van der Waals surface area contributed by atoms with E-state index in [1.165, 1.54) is 0 Å². The molecule has 0 bridgehead atoms. The minimum atomic E-state index is 0.747. The zero-order valence-corrected chi connectivity index (χ0v) is 9.95. The fourth-order valence-corrected chi connectivity index (χ4v) is 1.96. The molecular weight excluding hydrogens is 206 g/mol. The van der Waals surface area contributed by atoms with E-state index < -0.39 is 0 Å². The number of nitrogens with one attached hydrogen (secondary N) is 2. The number of hydrogen-bond donors (Lipinski definition) is 3. The summed E-state index contributed by atoms with van der Waals surface area (Å²) >= 11 is 1.66. The van der Waals surface area contributed by atoms with Crippen molar-refractivity contribution in [3.05, 3.63) is 30.3 Å². The molecule has 0 amide bonds. The molecule has 1 aromatic rings. The molecule has 0 saturated heterocycles. The second kappa shape index (κ2) is 5.68. The Morgan fingerprint density at radius 1 is 1.53 bits per heavy atom. The first-order valence-corrected chi connectivity index (χ1v) is 6.03. The molecule has 0 aromatic heterocycles. The Balaban J connectivity index is 2.95. The second-order valence-electron chi connectivity index (χ2n) is 3.06. The molecule has 1 aromatic carbocycles. The lowest BCUT2D eigenvalue weighted by atomic mass is 10.1. The van der Waals surface area contributed by atoms with E-state index in [-0.39, 0.29) is 0 Å². The molecule has 0 saturated carbocycles. The van der Waals surface area contributed by atoms with Gasteiger partial charge < -0.3 is 11.2 Å². The van der Waals surface area contributed by atoms with Crippen molar-refractivity contribution in [3.8, 4) is 0 Å². The highest BCUT2D eigenvalue weighted by molar-refractivity contribution is 7.98. The number of hydrazine groups is 1. The average molecular weight is 223 g/mol. The van der Waals surface area contributed by atoms with Crippen LogP contribution in [0.3, 0.4) is 0 Å². The summed E-state index contributed by atoms with van der Waals surface area (Å²) in [5.41, 5.74) is 14.5. The quantitative estimate of drug-likeness (QED) is 0.406. The Morgan fingerprint density at radius 3 is 2.87 bits per heavy atom. The second-order valence-corrected chi connectivity index (χ2v) is 3.91. The van der Waals surface area contributed by atoms with Crippen molar-refractivity contribution in [2.24, 2.45) is 0 Å². The molecule has 0 radical (unpaired) electrons. The monoisotopic (exact) mass is 223 g/mol. The first-order chi connectivity index (χ1) is 7.20. The molecule has 82 valence electrons. The Hall–Kier alpha value is -1.13. The summed E-state index contributed by atoms with van der Waals surface area (Å²) in [5, 5.41) is 0. The van der Waals surface area contributed by atoms with Crippen LogP contribution >= 0.6 is 11.8 Å². The molecule has 0 aliphatic rings. The van der Waals surface area contributed by atoms with Crippen LogP contribution in [-0.4, -0.2) is 12.8 Å². The van der Waals surface area contributed by atoms with Crippen LogP contribution in [0.4, 0.5) is 5.69 Å². The zero-order valence-electron chi connectivity index (χ0n) is 9.13. The van der Waals surface area contributed by atoms with Crippen molar-refractivity contribution in [1.82, 2.24) is 10.9 Å². The van der Waals surface area contributed by atoms with E-state index in [4.69, 9.17) is 5.73 Å². The van der Waals surface area contributed by atoms with Gasteiger partial charge in [0.25, 0.3) is 0 Å². The topological polar surface area (TPSA) is 50.1 Å². The molecule has 3 nitrogen and oxygen atoms in total. The van der Waals surface area contributed by atoms with Gasteiger partial charge in [0, 0.05) is 22.7 Å². The highest BCUT2D eigenvalue weighted by atomic mass is 32.2. The van der Waals surface area contributed by atoms with Crippen LogP contribution in [0.5, 0.6) is 0 Å². The lowest BCUT2D eigenvalue weighted by Gasteiger charge is -2.15. The van der Waals surface area contributed by atoms with Crippen molar-refractivity contribution >= 4 is 23.1 Å². The van der Waals surface area contributed by atoms with Crippen LogP contribution in [0, 0.1) is 0 Å². The number of thioether (sulfide) groups is 1. The molecule has 0 fully saturated rings. The van der Waals surface area contributed by atoms with Gasteiger partial charge in [-0.2, -0.15) is 0 Å². The number of nitrogens with two attached hydrogens (primary N) is 1. The number of rotatable bonds is 5. The molecule has 0 heterocycles. The first kappa shape index (κ1) is 11.9. The lowest BCUT2D eigenvalue weighted by molar-refractivity contribution is 0.670. The van der Waals surface area contributed by atoms with Gasteiger partial charge in [0.1, 0.15) is 0 Å². The molecule has 15 heavy (non-hydrogen) atoms. The van der Waals surface area contributed by atoms with Gasteiger partial charge in [-0.1, -0.05) is 19.6 Å². The largest absolute Gasteiger partial charge is 0.398 e. The van der Waals surface area contributed by atoms with Crippen LogP contribution in [-0.2, 0) is 0 Å². The molecule has 1 rings (SSSR count). The van der Waals surface area contributed by atoms with Crippen LogP contribution in [0.2, 0.25) is 0 Å². The summed E-state index contributed by atoms with van der Waals surface area (Å²) in [5.74, 6) is 0. The van der Waals surface area contributed by atoms with E-state index in [0.29, 0.717) is 0 Å². The molecule has 0 spiro atoms. The maximum absolute atomic E-state index is 5.93. The predicted molar refractivity (Wildman–Crippen MR) is 68.5 cm³/mol. The number of benzene rings is 1. The highest BCUT2D eigenvalue weighted by Gasteiger charge is 2.08. The lowest BCUT2D eigenvalue weighted by Crippen LogP contribution is -2.29. The van der Waals surface area contributed by atoms with E-state index in [0.717, 1.165) is 28.4 Å². The number of hydrogen-bond acceptors (Lipinski definition) is 4. The molecule has 0 aliphatic carbocycles. The Labute approximate surface area is 95.1 Å². The van der Waals surface area contributed by atoms with E-state index >= 15 is 0 Å². The fourth-order valence-electron chi connectivity index (χ4n) is 1.30. The molecule has 0 aliphatic heterocycles. The van der Waals surface area contributed by atoms with Crippen molar-refractivity contribution in [2.75, 3.05) is 18.5 Å². The maximum Gasteiger partial charge on any atom is 0.0520 e. The number of nitrogen functional groups attached to an aromatic ring is 1. The zero-order chi connectivity index (χ0) is 11.3.